The van der Waals surface area contributed by atoms with E-state index >= 15 is 0 Å². The molecule has 0 aliphatic carbocycles. The lowest BCUT2D eigenvalue weighted by Gasteiger charge is -2.18. The Labute approximate surface area is 178 Å². The smallest absolute Gasteiger partial charge is 0.302 e. The van der Waals surface area contributed by atoms with Gasteiger partial charge in [0.05, 0.1) is 18.2 Å². The van der Waals surface area contributed by atoms with Crippen molar-refractivity contribution in [1.29, 1.82) is 0 Å². The van der Waals surface area contributed by atoms with Crippen LogP contribution in [0, 0.1) is 5.92 Å². The number of hydrogen-bond acceptors (Lipinski definition) is 5. The van der Waals surface area contributed by atoms with E-state index in [1.54, 1.807) is 37.4 Å². The fourth-order valence-corrected chi connectivity index (χ4v) is 3.23. The summed E-state index contributed by atoms with van der Waals surface area (Å²) in [5, 5.41) is 10.9. The van der Waals surface area contributed by atoms with Crippen LogP contribution in [0.5, 0.6) is 17.2 Å². The van der Waals surface area contributed by atoms with Crippen LogP contribution in [-0.4, -0.2) is 18.2 Å². The molecule has 0 saturated heterocycles. The molecule has 5 nitrogen and oxygen atoms in total. The third-order valence-corrected chi connectivity index (χ3v) is 5.22. The predicted molar refractivity (Wildman–Crippen MR) is 112 cm³/mol. The molecule has 2 rings (SSSR count). The van der Waals surface area contributed by atoms with Gasteiger partial charge in [-0.05, 0) is 46.5 Å². The average Bonchev–Trinajstić information content (AvgIpc) is 2.62. The highest BCUT2D eigenvalue weighted by Crippen LogP contribution is 2.37. The van der Waals surface area contributed by atoms with Gasteiger partial charge in [0.1, 0.15) is 23.9 Å². The molecule has 0 aliphatic rings. The Hall–Kier alpha value is -1.76. The van der Waals surface area contributed by atoms with Crippen LogP contribution < -0.4 is 9.47 Å². The number of hydrogen-bond donors (Lipinski definition) is 1. The van der Waals surface area contributed by atoms with Gasteiger partial charge in [0.2, 0.25) is 0 Å². The second-order valence-corrected chi connectivity index (χ2v) is 8.07. The van der Waals surface area contributed by atoms with Gasteiger partial charge in [0.25, 0.3) is 0 Å². The van der Waals surface area contributed by atoms with Crippen molar-refractivity contribution in [3.63, 3.8) is 0 Å². The van der Waals surface area contributed by atoms with Gasteiger partial charge >= 0.3 is 5.97 Å². The lowest BCUT2D eigenvalue weighted by Crippen LogP contribution is -2.04. The molecule has 0 heterocycles. The number of ether oxygens (including phenoxy) is 3. The second-order valence-electron chi connectivity index (χ2n) is 6.81. The van der Waals surface area contributed by atoms with Gasteiger partial charge in [-0.25, -0.2) is 0 Å². The Morgan fingerprint density at radius 2 is 1.93 bits per heavy atom. The zero-order chi connectivity index (χ0) is 20.8. The van der Waals surface area contributed by atoms with Gasteiger partial charge in [0, 0.05) is 34.7 Å². The highest BCUT2D eigenvalue weighted by molar-refractivity contribution is 9.10. The minimum atomic E-state index is -0.620. The number of aliphatic hydroxyl groups is 1. The van der Waals surface area contributed by atoms with Crippen LogP contribution in [0.4, 0.5) is 0 Å². The molecular formula is C21H24BrClO5. The summed E-state index contributed by atoms with van der Waals surface area (Å²) in [5.74, 6) is 1.48. The van der Waals surface area contributed by atoms with Crippen LogP contribution >= 0.6 is 27.5 Å². The lowest BCUT2D eigenvalue weighted by atomic mass is 9.99. The normalized spacial score (nSPS) is 12.0. The molecule has 0 saturated carbocycles. The molecule has 0 radical (unpaired) electrons. The number of halogens is 2. The van der Waals surface area contributed by atoms with Crippen molar-refractivity contribution in [2.45, 2.75) is 39.9 Å². The zero-order valence-electron chi connectivity index (χ0n) is 16.3. The first-order valence-corrected chi connectivity index (χ1v) is 10.0. The molecular weight excluding hydrogens is 448 g/mol. The van der Waals surface area contributed by atoms with Crippen LogP contribution in [0.1, 0.15) is 44.4 Å². The molecule has 1 N–H and O–H groups in total. The summed E-state index contributed by atoms with van der Waals surface area (Å²) < 4.78 is 17.2. The minimum Gasteiger partial charge on any atom is -0.496 e. The van der Waals surface area contributed by atoms with E-state index in [-0.39, 0.29) is 12.6 Å². The molecule has 0 amide bonds. The number of rotatable bonds is 8. The van der Waals surface area contributed by atoms with Gasteiger partial charge in [-0.15, -0.1) is 0 Å². The molecule has 28 heavy (non-hydrogen) atoms. The van der Waals surface area contributed by atoms with Crippen molar-refractivity contribution in [2.24, 2.45) is 5.92 Å². The van der Waals surface area contributed by atoms with Crippen molar-refractivity contribution in [3.8, 4) is 17.2 Å². The fourth-order valence-electron chi connectivity index (χ4n) is 2.69. The molecule has 7 heteroatoms. The van der Waals surface area contributed by atoms with Gasteiger partial charge in [-0.2, -0.15) is 0 Å². The van der Waals surface area contributed by atoms with Crippen LogP contribution in [0.15, 0.2) is 34.8 Å². The summed E-state index contributed by atoms with van der Waals surface area (Å²) in [6, 6.07) is 8.65. The first kappa shape index (κ1) is 22.5. The Balaban J connectivity index is 2.32. The second kappa shape index (κ2) is 10.1. The molecule has 0 fully saturated rings. The molecule has 1 atom stereocenters. The monoisotopic (exact) mass is 470 g/mol. The highest BCUT2D eigenvalue weighted by Gasteiger charge is 2.17. The van der Waals surface area contributed by atoms with Crippen molar-refractivity contribution < 1.29 is 24.1 Å². The molecule has 0 aromatic heterocycles. The summed E-state index contributed by atoms with van der Waals surface area (Å²) in [6.45, 7) is 5.50. The summed E-state index contributed by atoms with van der Waals surface area (Å²) in [5.41, 5.74) is 1.37. The van der Waals surface area contributed by atoms with Crippen LogP contribution in [-0.2, 0) is 16.1 Å². The van der Waals surface area contributed by atoms with E-state index in [0.29, 0.717) is 50.2 Å². The number of aliphatic hydroxyl groups excluding tert-OH is 1. The topological polar surface area (TPSA) is 65.0 Å². The standard InChI is InChI=1S/C21H24BrClO5/c1-12(2)7-19(25)16-6-5-15(9-21(16)26-4)28-20-10-18(23)17(22)8-14(20)11-27-13(3)24/h5-6,8-10,12,19,25H,7,11H2,1-4H3. The van der Waals surface area contributed by atoms with E-state index in [9.17, 15) is 9.90 Å². The minimum absolute atomic E-state index is 0.0583. The van der Waals surface area contributed by atoms with E-state index in [1.165, 1.54) is 6.92 Å². The van der Waals surface area contributed by atoms with Crippen LogP contribution in [0.3, 0.4) is 0 Å². The summed E-state index contributed by atoms with van der Waals surface area (Å²) in [4.78, 5) is 11.2. The van der Waals surface area contributed by atoms with Gasteiger partial charge < -0.3 is 19.3 Å². The van der Waals surface area contributed by atoms with E-state index in [2.05, 4.69) is 29.8 Å². The average molecular weight is 472 g/mol. The van der Waals surface area contributed by atoms with Crippen molar-refractivity contribution in [2.75, 3.05) is 7.11 Å². The van der Waals surface area contributed by atoms with Gasteiger partial charge in [0.15, 0.2) is 0 Å². The number of carbonyl (C=O) groups excluding carboxylic acids is 1. The number of esters is 1. The van der Waals surface area contributed by atoms with E-state index < -0.39 is 6.10 Å². The van der Waals surface area contributed by atoms with Gasteiger partial charge in [-0.1, -0.05) is 25.4 Å². The molecule has 0 bridgehead atoms. The van der Waals surface area contributed by atoms with Crippen LogP contribution in [0.2, 0.25) is 5.02 Å². The number of benzene rings is 2. The molecule has 152 valence electrons. The van der Waals surface area contributed by atoms with Crippen molar-refractivity contribution in [1.82, 2.24) is 0 Å². The lowest BCUT2D eigenvalue weighted by molar-refractivity contribution is -0.142. The van der Waals surface area contributed by atoms with Crippen LogP contribution in [0.25, 0.3) is 0 Å². The molecule has 0 spiro atoms. The number of carbonyl (C=O) groups is 1. The molecule has 0 aliphatic heterocycles. The largest absolute Gasteiger partial charge is 0.496 e. The SMILES string of the molecule is COc1cc(Oc2cc(Cl)c(Br)cc2COC(C)=O)ccc1C(O)CC(C)C. The summed E-state index contributed by atoms with van der Waals surface area (Å²) in [7, 11) is 1.55. The highest BCUT2D eigenvalue weighted by atomic mass is 79.9. The summed E-state index contributed by atoms with van der Waals surface area (Å²) >= 11 is 9.56. The van der Waals surface area contributed by atoms with E-state index in [0.717, 1.165) is 0 Å². The quantitative estimate of drug-likeness (QED) is 0.475. The number of methoxy groups -OCH3 is 1. The van der Waals surface area contributed by atoms with E-state index in [4.69, 9.17) is 25.8 Å². The Morgan fingerprint density at radius 1 is 1.21 bits per heavy atom. The molecule has 2 aromatic rings. The predicted octanol–water partition coefficient (Wildman–Crippen LogP) is 6.05. The first-order valence-electron chi connectivity index (χ1n) is 8.86. The Kier molecular flexibility index (Phi) is 8.16. The maximum atomic E-state index is 11.2. The third-order valence-electron chi connectivity index (χ3n) is 4.02. The van der Waals surface area contributed by atoms with Crippen molar-refractivity contribution in [3.05, 3.63) is 51.0 Å². The maximum Gasteiger partial charge on any atom is 0.302 e. The third kappa shape index (κ3) is 6.12. The first-order chi connectivity index (χ1) is 13.2. The fraction of sp³-hybridized carbons (Fsp3) is 0.381. The van der Waals surface area contributed by atoms with Gasteiger partial charge in [-0.3, -0.25) is 4.79 Å². The Bertz CT molecular complexity index is 838. The maximum absolute atomic E-state index is 11.2. The Morgan fingerprint density at radius 3 is 2.54 bits per heavy atom. The molecule has 2 aromatic carbocycles. The van der Waals surface area contributed by atoms with E-state index in [1.807, 2.05) is 0 Å². The van der Waals surface area contributed by atoms with Crippen molar-refractivity contribution >= 4 is 33.5 Å². The zero-order valence-corrected chi connectivity index (χ0v) is 18.6. The molecule has 1 unspecified atom stereocenters. The summed E-state index contributed by atoms with van der Waals surface area (Å²) in [6.07, 6.45) is 0.0106.